The fourth-order valence-corrected chi connectivity index (χ4v) is 4.84. The Morgan fingerprint density at radius 1 is 0.872 bits per heavy atom. The molecule has 240 valence electrons. The summed E-state index contributed by atoms with van der Waals surface area (Å²) in [4.78, 5) is 50.6. The first-order valence-corrected chi connectivity index (χ1v) is 15.2. The average Bonchev–Trinajstić information content (AvgIpc) is 3.55. The van der Waals surface area contributed by atoms with E-state index in [1.54, 1.807) is 24.5 Å². The van der Waals surface area contributed by atoms with Gasteiger partial charge in [0.05, 0.1) is 12.0 Å². The van der Waals surface area contributed by atoms with Crippen molar-refractivity contribution < 1.29 is 24.0 Å². The second kappa shape index (κ2) is 14.2. The molecule has 2 heterocycles. The van der Waals surface area contributed by atoms with Crippen LogP contribution >= 0.6 is 0 Å². The Kier molecular flexibility index (Phi) is 9.84. The summed E-state index contributed by atoms with van der Waals surface area (Å²) in [6, 6.07) is 21.5. The van der Waals surface area contributed by atoms with Crippen molar-refractivity contribution in [1.82, 2.24) is 30.7 Å². The van der Waals surface area contributed by atoms with Gasteiger partial charge in [-0.1, -0.05) is 86.1 Å². The number of aryl methyl sites for hydroxylation is 1. The van der Waals surface area contributed by atoms with Gasteiger partial charge in [0.15, 0.2) is 5.82 Å². The van der Waals surface area contributed by atoms with E-state index in [4.69, 9.17) is 9.63 Å². The van der Waals surface area contributed by atoms with Crippen LogP contribution in [0.5, 0.6) is 0 Å². The largest absolute Gasteiger partial charge is 0.481 e. The van der Waals surface area contributed by atoms with Gasteiger partial charge in [0.25, 0.3) is 11.8 Å². The van der Waals surface area contributed by atoms with Crippen molar-refractivity contribution in [3.63, 3.8) is 0 Å². The highest BCUT2D eigenvalue weighted by molar-refractivity contribution is 5.97. The number of hydrogen-bond donors (Lipinski definition) is 3. The van der Waals surface area contributed by atoms with Crippen LogP contribution in [0.15, 0.2) is 89.7 Å². The van der Waals surface area contributed by atoms with Crippen LogP contribution in [0, 0.1) is 6.92 Å². The smallest absolute Gasteiger partial charge is 0.305 e. The molecule has 2 aromatic heterocycles. The van der Waals surface area contributed by atoms with E-state index in [-0.39, 0.29) is 24.8 Å². The molecular weight excluding hydrogens is 596 g/mol. The molecule has 0 bridgehead atoms. The number of carboxylic acid groups (broad SMARTS) is 1. The van der Waals surface area contributed by atoms with Crippen LogP contribution in [0.25, 0.3) is 34.2 Å². The van der Waals surface area contributed by atoms with Gasteiger partial charge in [-0.3, -0.25) is 14.4 Å². The first-order chi connectivity index (χ1) is 22.5. The zero-order chi connectivity index (χ0) is 33.6. The van der Waals surface area contributed by atoms with E-state index in [2.05, 4.69) is 51.5 Å². The van der Waals surface area contributed by atoms with Crippen molar-refractivity contribution >= 4 is 17.8 Å². The molecule has 0 fully saturated rings. The van der Waals surface area contributed by atoms with E-state index in [9.17, 15) is 14.4 Å². The minimum Gasteiger partial charge on any atom is -0.481 e. The Labute approximate surface area is 272 Å². The molecule has 5 rings (SSSR count). The summed E-state index contributed by atoms with van der Waals surface area (Å²) in [5.74, 6) is -0.634. The summed E-state index contributed by atoms with van der Waals surface area (Å²) in [7, 11) is 0. The molecule has 0 spiro atoms. The van der Waals surface area contributed by atoms with Crippen LogP contribution in [-0.4, -0.2) is 55.6 Å². The molecule has 0 saturated heterocycles. The summed E-state index contributed by atoms with van der Waals surface area (Å²) in [6.45, 7) is 8.21. The number of nitrogens with zero attached hydrogens (tertiary/aromatic N) is 4. The molecule has 3 N–H and O–H groups in total. The highest BCUT2D eigenvalue weighted by Crippen LogP contribution is 2.24. The van der Waals surface area contributed by atoms with Gasteiger partial charge in [0.2, 0.25) is 11.7 Å². The maximum Gasteiger partial charge on any atom is 0.305 e. The van der Waals surface area contributed by atoms with Crippen molar-refractivity contribution in [3.05, 3.63) is 107 Å². The third-order valence-electron chi connectivity index (χ3n) is 7.53. The second-order valence-electron chi connectivity index (χ2n) is 12.3. The van der Waals surface area contributed by atoms with Gasteiger partial charge in [-0.25, -0.2) is 9.97 Å². The Bertz CT molecular complexity index is 1860. The molecule has 3 aromatic carbocycles. The normalized spacial score (nSPS) is 11.9. The number of carboxylic acids is 1. The lowest BCUT2D eigenvalue weighted by molar-refractivity contribution is -0.137. The summed E-state index contributed by atoms with van der Waals surface area (Å²) >= 11 is 0. The van der Waals surface area contributed by atoms with E-state index >= 15 is 0 Å². The predicted octanol–water partition coefficient (Wildman–Crippen LogP) is 5.40. The van der Waals surface area contributed by atoms with E-state index in [0.29, 0.717) is 28.7 Å². The topological polar surface area (TPSA) is 160 Å². The standard InChI is InChI=1S/C36H36N6O5/c1-22-6-5-7-26(18-22)32-41-35(47-42-32)27-20-38-31(39-21-27)24-10-8-23(9-11-24)19-29(34(46)37-17-16-30(43)44)40-33(45)25-12-14-28(15-13-25)36(2,3)4/h5-15,18,20-21,29H,16-17,19H2,1-4H3,(H,37,46)(H,40,45)(H,43,44). The fraction of sp³-hybridized carbons (Fsp3) is 0.250. The summed E-state index contributed by atoms with van der Waals surface area (Å²) < 4.78 is 5.44. The molecule has 0 radical (unpaired) electrons. The molecule has 0 saturated carbocycles. The van der Waals surface area contributed by atoms with Crippen LogP contribution < -0.4 is 10.6 Å². The van der Waals surface area contributed by atoms with Gasteiger partial charge in [-0.2, -0.15) is 4.98 Å². The molecule has 11 heteroatoms. The Morgan fingerprint density at radius 2 is 1.57 bits per heavy atom. The number of rotatable bonds is 11. The van der Waals surface area contributed by atoms with Crippen molar-refractivity contribution in [2.75, 3.05) is 6.54 Å². The summed E-state index contributed by atoms with van der Waals surface area (Å²) in [5, 5.41) is 18.5. The van der Waals surface area contributed by atoms with Crippen LogP contribution in [0.4, 0.5) is 0 Å². The van der Waals surface area contributed by atoms with Gasteiger partial charge >= 0.3 is 5.97 Å². The van der Waals surface area contributed by atoms with Crippen LogP contribution in [-0.2, 0) is 21.4 Å². The van der Waals surface area contributed by atoms with Crippen LogP contribution in [0.2, 0.25) is 0 Å². The minimum atomic E-state index is -1.03. The third-order valence-corrected chi connectivity index (χ3v) is 7.53. The molecule has 1 atom stereocenters. The molecule has 0 aliphatic heterocycles. The molecule has 11 nitrogen and oxygen atoms in total. The highest BCUT2D eigenvalue weighted by atomic mass is 16.5. The number of amides is 2. The van der Waals surface area contributed by atoms with Crippen LogP contribution in [0.3, 0.4) is 0 Å². The minimum absolute atomic E-state index is 0.0517. The van der Waals surface area contributed by atoms with Gasteiger partial charge < -0.3 is 20.3 Å². The Hall–Kier alpha value is -5.71. The van der Waals surface area contributed by atoms with Gasteiger partial charge in [-0.05, 0) is 41.7 Å². The Balaban J connectivity index is 1.27. The SMILES string of the molecule is Cc1cccc(-c2noc(-c3cnc(-c4ccc(CC(NC(=O)c5ccc(C(C)(C)C)cc5)C(=O)NCCC(=O)O)cc4)nc3)n2)c1. The van der Waals surface area contributed by atoms with E-state index in [1.165, 1.54) is 0 Å². The molecule has 0 aliphatic carbocycles. The quantitative estimate of drug-likeness (QED) is 0.173. The van der Waals surface area contributed by atoms with Gasteiger partial charge in [0, 0.05) is 42.0 Å². The lowest BCUT2D eigenvalue weighted by Gasteiger charge is -2.20. The van der Waals surface area contributed by atoms with Crippen molar-refractivity contribution in [3.8, 4) is 34.2 Å². The number of aromatic nitrogens is 4. The molecule has 0 aliphatic rings. The zero-order valence-electron chi connectivity index (χ0n) is 26.7. The number of carbonyl (C=O) groups is 3. The molecule has 2 amide bonds. The lowest BCUT2D eigenvalue weighted by Crippen LogP contribution is -2.48. The van der Waals surface area contributed by atoms with Crippen molar-refractivity contribution in [2.24, 2.45) is 0 Å². The maximum atomic E-state index is 13.1. The first-order valence-electron chi connectivity index (χ1n) is 15.2. The lowest BCUT2D eigenvalue weighted by atomic mass is 9.86. The number of aliphatic carboxylic acids is 1. The second-order valence-corrected chi connectivity index (χ2v) is 12.3. The fourth-order valence-electron chi connectivity index (χ4n) is 4.84. The van der Waals surface area contributed by atoms with Gasteiger partial charge in [-0.15, -0.1) is 0 Å². The number of benzene rings is 3. The monoisotopic (exact) mass is 632 g/mol. The number of nitrogens with one attached hydrogen (secondary N) is 2. The first kappa shape index (κ1) is 32.7. The zero-order valence-corrected chi connectivity index (χ0v) is 26.7. The predicted molar refractivity (Wildman–Crippen MR) is 176 cm³/mol. The number of carbonyl (C=O) groups excluding carboxylic acids is 2. The third kappa shape index (κ3) is 8.51. The maximum absolute atomic E-state index is 13.1. The molecule has 47 heavy (non-hydrogen) atoms. The van der Waals surface area contributed by atoms with Gasteiger partial charge in [0.1, 0.15) is 6.04 Å². The van der Waals surface area contributed by atoms with E-state index < -0.39 is 23.8 Å². The van der Waals surface area contributed by atoms with Crippen molar-refractivity contribution in [2.45, 2.75) is 52.0 Å². The molecular formula is C36H36N6O5. The average molecular weight is 633 g/mol. The highest BCUT2D eigenvalue weighted by Gasteiger charge is 2.23. The molecule has 5 aromatic rings. The van der Waals surface area contributed by atoms with Crippen LogP contribution in [0.1, 0.15) is 54.2 Å². The number of hydrogen-bond acceptors (Lipinski definition) is 8. The molecule has 1 unspecified atom stereocenters. The summed E-state index contributed by atoms with van der Waals surface area (Å²) in [6.07, 6.45) is 3.19. The van der Waals surface area contributed by atoms with E-state index in [1.807, 2.05) is 67.6 Å². The summed E-state index contributed by atoms with van der Waals surface area (Å²) in [5.41, 5.74) is 5.49. The van der Waals surface area contributed by atoms with E-state index in [0.717, 1.165) is 27.8 Å². The van der Waals surface area contributed by atoms with Crippen molar-refractivity contribution in [1.29, 1.82) is 0 Å². The Morgan fingerprint density at radius 3 is 2.21 bits per heavy atom.